The van der Waals surface area contributed by atoms with E-state index in [9.17, 15) is 4.79 Å². The average molecular weight is 248 g/mol. The molecule has 2 bridgehead atoms. The average Bonchev–Trinajstić information content (AvgIpc) is 2.86. The predicted molar refractivity (Wildman–Crippen MR) is 68.0 cm³/mol. The fraction of sp³-hybridized carbons (Fsp3) is 0.643. The second-order valence-corrected chi connectivity index (χ2v) is 5.58. The van der Waals surface area contributed by atoms with Crippen LogP contribution in [0, 0.1) is 11.8 Å². The molecule has 0 spiro atoms. The highest BCUT2D eigenvalue weighted by Crippen LogP contribution is 2.34. The van der Waals surface area contributed by atoms with Crippen LogP contribution in [0.15, 0.2) is 16.5 Å². The van der Waals surface area contributed by atoms with Crippen molar-refractivity contribution >= 4 is 5.91 Å². The predicted octanol–water partition coefficient (Wildman–Crippen LogP) is 2.00. The third kappa shape index (κ3) is 2.17. The molecule has 1 aliphatic carbocycles. The maximum atomic E-state index is 12.4. The molecule has 2 aliphatic rings. The van der Waals surface area contributed by atoms with E-state index >= 15 is 0 Å². The van der Waals surface area contributed by atoms with Crippen LogP contribution in [0.1, 0.15) is 42.0 Å². The third-order valence-electron chi connectivity index (χ3n) is 4.21. The zero-order chi connectivity index (χ0) is 12.5. The fourth-order valence-electron chi connectivity index (χ4n) is 3.36. The van der Waals surface area contributed by atoms with Gasteiger partial charge in [0.2, 0.25) is 0 Å². The molecule has 1 aromatic rings. The van der Waals surface area contributed by atoms with Crippen molar-refractivity contribution in [1.29, 1.82) is 0 Å². The van der Waals surface area contributed by atoms with E-state index in [0.29, 0.717) is 29.9 Å². The van der Waals surface area contributed by atoms with Crippen LogP contribution in [-0.2, 0) is 6.54 Å². The molecule has 3 rings (SSSR count). The highest BCUT2D eigenvalue weighted by atomic mass is 16.4. The zero-order valence-electron chi connectivity index (χ0n) is 10.6. The smallest absolute Gasteiger partial charge is 0.289 e. The van der Waals surface area contributed by atoms with Crippen LogP contribution >= 0.6 is 0 Å². The molecule has 18 heavy (non-hydrogen) atoms. The van der Waals surface area contributed by atoms with E-state index < -0.39 is 0 Å². The zero-order valence-corrected chi connectivity index (χ0v) is 10.6. The van der Waals surface area contributed by atoms with Crippen molar-refractivity contribution in [3.05, 3.63) is 23.7 Å². The Balaban J connectivity index is 1.72. The molecule has 0 radical (unpaired) electrons. The highest BCUT2D eigenvalue weighted by molar-refractivity contribution is 5.91. The quantitative estimate of drug-likeness (QED) is 0.870. The van der Waals surface area contributed by atoms with Crippen LogP contribution in [0.3, 0.4) is 0 Å². The Labute approximate surface area is 107 Å². The Kier molecular flexibility index (Phi) is 3.12. The molecule has 1 aliphatic heterocycles. The number of nitrogens with two attached hydrogens (primary N) is 1. The van der Waals surface area contributed by atoms with Crippen LogP contribution in [0.4, 0.5) is 0 Å². The minimum Gasteiger partial charge on any atom is -0.455 e. The first-order valence-corrected chi connectivity index (χ1v) is 6.84. The van der Waals surface area contributed by atoms with Crippen molar-refractivity contribution in [1.82, 2.24) is 4.90 Å². The lowest BCUT2D eigenvalue weighted by Gasteiger charge is -2.41. The molecule has 2 fully saturated rings. The molecule has 4 heteroatoms. The van der Waals surface area contributed by atoms with E-state index in [1.807, 2.05) is 4.90 Å². The molecule has 1 aromatic heterocycles. The van der Waals surface area contributed by atoms with Gasteiger partial charge in [-0.3, -0.25) is 4.79 Å². The number of piperidine rings is 1. The summed E-state index contributed by atoms with van der Waals surface area (Å²) in [7, 11) is 0. The monoisotopic (exact) mass is 248 g/mol. The minimum atomic E-state index is 0.0336. The lowest BCUT2D eigenvalue weighted by molar-refractivity contribution is 0.0474. The van der Waals surface area contributed by atoms with Gasteiger partial charge in [0, 0.05) is 13.1 Å². The number of hydrogen-bond acceptors (Lipinski definition) is 3. The third-order valence-corrected chi connectivity index (χ3v) is 4.21. The molecule has 1 amide bonds. The maximum absolute atomic E-state index is 12.4. The van der Waals surface area contributed by atoms with Crippen LogP contribution in [0.5, 0.6) is 0 Å². The minimum absolute atomic E-state index is 0.0336. The molecule has 2 unspecified atom stereocenters. The van der Waals surface area contributed by atoms with Crippen molar-refractivity contribution < 1.29 is 9.21 Å². The molecule has 0 aromatic carbocycles. The molecule has 2 atom stereocenters. The highest BCUT2D eigenvalue weighted by Gasteiger charge is 2.33. The normalized spacial score (nSPS) is 27.3. The number of amides is 1. The fourth-order valence-corrected chi connectivity index (χ4v) is 3.36. The molecule has 2 N–H and O–H groups in total. The molecular weight excluding hydrogens is 228 g/mol. The van der Waals surface area contributed by atoms with E-state index in [2.05, 4.69) is 0 Å². The van der Waals surface area contributed by atoms with E-state index in [4.69, 9.17) is 10.2 Å². The van der Waals surface area contributed by atoms with Gasteiger partial charge in [-0.2, -0.15) is 0 Å². The van der Waals surface area contributed by atoms with Gasteiger partial charge in [-0.25, -0.2) is 0 Å². The summed E-state index contributed by atoms with van der Waals surface area (Å²) in [4.78, 5) is 14.3. The molecule has 4 nitrogen and oxygen atoms in total. The second-order valence-electron chi connectivity index (χ2n) is 5.58. The number of rotatable bonds is 2. The standard InChI is InChI=1S/C14H20N2O2/c15-7-12-4-5-13(18-12)14(17)16-8-10-2-1-3-11(6-10)9-16/h4-5,10-11H,1-3,6-9,15H2. The molecule has 98 valence electrons. The maximum Gasteiger partial charge on any atom is 0.289 e. The van der Waals surface area contributed by atoms with Gasteiger partial charge in [-0.1, -0.05) is 6.42 Å². The van der Waals surface area contributed by atoms with Crippen molar-refractivity contribution in [2.45, 2.75) is 32.2 Å². The second kappa shape index (κ2) is 4.76. The Bertz CT molecular complexity index is 429. The molecule has 1 saturated heterocycles. The van der Waals surface area contributed by atoms with Gasteiger partial charge in [0.05, 0.1) is 6.54 Å². The summed E-state index contributed by atoms with van der Waals surface area (Å²) in [6.45, 7) is 2.14. The number of hydrogen-bond donors (Lipinski definition) is 1. The Morgan fingerprint density at radius 2 is 2.06 bits per heavy atom. The van der Waals surface area contributed by atoms with Crippen molar-refractivity contribution in [3.63, 3.8) is 0 Å². The SMILES string of the molecule is NCc1ccc(C(=O)N2CC3CCCC(C3)C2)o1. The topological polar surface area (TPSA) is 59.5 Å². The summed E-state index contributed by atoms with van der Waals surface area (Å²) in [6, 6.07) is 3.53. The molecular formula is C14H20N2O2. The molecule has 2 heterocycles. The van der Waals surface area contributed by atoms with Crippen LogP contribution in [0.2, 0.25) is 0 Å². The first-order chi connectivity index (χ1) is 8.76. The Hall–Kier alpha value is -1.29. The van der Waals surface area contributed by atoms with Gasteiger partial charge in [0.25, 0.3) is 5.91 Å². The number of nitrogens with zero attached hydrogens (tertiary/aromatic N) is 1. The van der Waals surface area contributed by atoms with Crippen molar-refractivity contribution in [2.24, 2.45) is 17.6 Å². The summed E-state index contributed by atoms with van der Waals surface area (Å²) in [5, 5.41) is 0. The van der Waals surface area contributed by atoms with Gasteiger partial charge in [0.15, 0.2) is 5.76 Å². The Morgan fingerprint density at radius 1 is 1.33 bits per heavy atom. The molecule has 1 saturated carbocycles. The summed E-state index contributed by atoms with van der Waals surface area (Å²) in [5.74, 6) is 2.55. The first-order valence-electron chi connectivity index (χ1n) is 6.84. The van der Waals surface area contributed by atoms with Gasteiger partial charge < -0.3 is 15.1 Å². The number of likely N-dealkylation sites (tertiary alicyclic amines) is 1. The van der Waals surface area contributed by atoms with E-state index in [-0.39, 0.29) is 5.91 Å². The summed E-state index contributed by atoms with van der Waals surface area (Å²) in [6.07, 6.45) is 5.17. The first kappa shape index (κ1) is 11.8. The largest absolute Gasteiger partial charge is 0.455 e. The van der Waals surface area contributed by atoms with Gasteiger partial charge in [0.1, 0.15) is 5.76 Å². The number of fused-ring (bicyclic) bond motifs is 2. The van der Waals surface area contributed by atoms with Crippen molar-refractivity contribution in [2.75, 3.05) is 13.1 Å². The van der Waals surface area contributed by atoms with Gasteiger partial charge in [-0.05, 0) is 43.2 Å². The van der Waals surface area contributed by atoms with E-state index in [1.54, 1.807) is 12.1 Å². The lowest BCUT2D eigenvalue weighted by atomic mass is 9.78. The van der Waals surface area contributed by atoms with Crippen LogP contribution in [0.25, 0.3) is 0 Å². The lowest BCUT2D eigenvalue weighted by Crippen LogP contribution is -2.45. The summed E-state index contributed by atoms with van der Waals surface area (Å²) in [5.41, 5.74) is 5.50. The van der Waals surface area contributed by atoms with E-state index in [0.717, 1.165) is 13.1 Å². The summed E-state index contributed by atoms with van der Waals surface area (Å²) < 4.78 is 5.45. The van der Waals surface area contributed by atoms with Gasteiger partial charge in [-0.15, -0.1) is 0 Å². The van der Waals surface area contributed by atoms with Crippen molar-refractivity contribution in [3.8, 4) is 0 Å². The number of carbonyl (C=O) groups is 1. The van der Waals surface area contributed by atoms with Crippen LogP contribution in [-0.4, -0.2) is 23.9 Å². The Morgan fingerprint density at radius 3 is 2.67 bits per heavy atom. The van der Waals surface area contributed by atoms with Gasteiger partial charge >= 0.3 is 0 Å². The van der Waals surface area contributed by atoms with Crippen LogP contribution < -0.4 is 5.73 Å². The van der Waals surface area contributed by atoms with E-state index in [1.165, 1.54) is 25.7 Å². The number of furan rings is 1. The summed E-state index contributed by atoms with van der Waals surface area (Å²) >= 11 is 0. The number of carbonyl (C=O) groups excluding carboxylic acids is 1.